The third-order valence-corrected chi connectivity index (χ3v) is 4.92. The Kier molecular flexibility index (Phi) is 6.81. The molecule has 2 aromatic rings. The monoisotopic (exact) mass is 473 g/mol. The summed E-state index contributed by atoms with van der Waals surface area (Å²) < 4.78 is 52.0. The number of alkyl halides is 3. The van der Waals surface area contributed by atoms with Crippen molar-refractivity contribution in [3.63, 3.8) is 0 Å². The van der Waals surface area contributed by atoms with E-state index in [2.05, 4.69) is 4.74 Å². The van der Waals surface area contributed by atoms with Gasteiger partial charge in [-0.15, -0.1) is 13.2 Å². The maximum atomic E-state index is 12.9. The SMILES string of the molecule is COC(=O)C1=C(C(=O)OC)N(c2cccc(OC(F)(F)F)c2)C(N)=C(C#N)C1c1ccccc1. The number of halogens is 3. The van der Waals surface area contributed by atoms with Gasteiger partial charge in [0.2, 0.25) is 0 Å². The van der Waals surface area contributed by atoms with Crippen molar-refractivity contribution in [1.82, 2.24) is 0 Å². The number of hydrogen-bond acceptors (Lipinski definition) is 8. The summed E-state index contributed by atoms with van der Waals surface area (Å²) in [4.78, 5) is 26.8. The minimum atomic E-state index is -4.98. The van der Waals surface area contributed by atoms with Gasteiger partial charge in [-0.2, -0.15) is 5.26 Å². The number of nitrogens with two attached hydrogens (primary N) is 1. The zero-order valence-corrected chi connectivity index (χ0v) is 17.9. The highest BCUT2D eigenvalue weighted by molar-refractivity contribution is 6.06. The van der Waals surface area contributed by atoms with Crippen LogP contribution in [0.4, 0.5) is 18.9 Å². The van der Waals surface area contributed by atoms with E-state index >= 15 is 0 Å². The average Bonchev–Trinajstić information content (AvgIpc) is 2.81. The first kappa shape index (κ1) is 24.2. The summed E-state index contributed by atoms with van der Waals surface area (Å²) in [6.45, 7) is 0. The lowest BCUT2D eigenvalue weighted by molar-refractivity contribution is -0.274. The van der Waals surface area contributed by atoms with Gasteiger partial charge in [0.25, 0.3) is 0 Å². The molecule has 34 heavy (non-hydrogen) atoms. The molecule has 1 aliphatic rings. The number of hydrogen-bond donors (Lipinski definition) is 1. The van der Waals surface area contributed by atoms with E-state index in [1.165, 1.54) is 12.1 Å². The van der Waals surface area contributed by atoms with Crippen molar-refractivity contribution in [2.24, 2.45) is 5.73 Å². The van der Waals surface area contributed by atoms with E-state index in [4.69, 9.17) is 15.2 Å². The Bertz CT molecular complexity index is 1220. The summed E-state index contributed by atoms with van der Waals surface area (Å²) in [6.07, 6.45) is -4.98. The van der Waals surface area contributed by atoms with Gasteiger partial charge in [-0.05, 0) is 17.7 Å². The fourth-order valence-corrected chi connectivity index (χ4v) is 3.60. The molecule has 0 aliphatic carbocycles. The Morgan fingerprint density at radius 1 is 1.03 bits per heavy atom. The summed E-state index contributed by atoms with van der Waals surface area (Å²) >= 11 is 0. The topological polar surface area (TPSA) is 115 Å². The number of carbonyl (C=O) groups excluding carboxylic acids is 2. The number of carbonyl (C=O) groups is 2. The summed E-state index contributed by atoms with van der Waals surface area (Å²) in [5.74, 6) is -3.97. The quantitative estimate of drug-likeness (QED) is 0.657. The van der Waals surface area contributed by atoms with Crippen molar-refractivity contribution in [3.05, 3.63) is 82.8 Å². The number of nitrogens with zero attached hydrogens (tertiary/aromatic N) is 2. The van der Waals surface area contributed by atoms with Gasteiger partial charge in [0.15, 0.2) is 0 Å². The van der Waals surface area contributed by atoms with Gasteiger partial charge in [-0.1, -0.05) is 36.4 Å². The van der Waals surface area contributed by atoms with Crippen LogP contribution in [0.25, 0.3) is 0 Å². The first-order chi connectivity index (χ1) is 16.1. The molecule has 1 atom stereocenters. The minimum Gasteiger partial charge on any atom is -0.466 e. The van der Waals surface area contributed by atoms with Crippen molar-refractivity contribution in [2.45, 2.75) is 12.3 Å². The van der Waals surface area contributed by atoms with E-state index < -0.39 is 35.7 Å². The van der Waals surface area contributed by atoms with Crippen LogP contribution in [0, 0.1) is 11.3 Å². The van der Waals surface area contributed by atoms with E-state index in [9.17, 15) is 28.0 Å². The van der Waals surface area contributed by atoms with E-state index in [0.29, 0.717) is 5.56 Å². The van der Waals surface area contributed by atoms with E-state index in [0.717, 1.165) is 31.3 Å². The zero-order chi connectivity index (χ0) is 25.0. The average molecular weight is 473 g/mol. The molecule has 0 bridgehead atoms. The lowest BCUT2D eigenvalue weighted by Gasteiger charge is -2.36. The molecule has 0 saturated carbocycles. The van der Waals surface area contributed by atoms with Crippen LogP contribution in [-0.2, 0) is 19.1 Å². The molecule has 11 heteroatoms. The molecule has 8 nitrogen and oxygen atoms in total. The molecular weight excluding hydrogens is 455 g/mol. The first-order valence-electron chi connectivity index (χ1n) is 9.64. The van der Waals surface area contributed by atoms with Gasteiger partial charge >= 0.3 is 18.3 Å². The smallest absolute Gasteiger partial charge is 0.466 e. The second-order valence-electron chi connectivity index (χ2n) is 6.88. The predicted molar refractivity (Wildman–Crippen MR) is 113 cm³/mol. The van der Waals surface area contributed by atoms with Crippen LogP contribution in [0.1, 0.15) is 11.5 Å². The minimum absolute atomic E-state index is 0.0830. The molecule has 2 N–H and O–H groups in total. The van der Waals surface area contributed by atoms with Gasteiger partial charge in [0.1, 0.15) is 17.3 Å². The van der Waals surface area contributed by atoms with Crippen LogP contribution in [-0.4, -0.2) is 32.5 Å². The Morgan fingerprint density at radius 3 is 2.24 bits per heavy atom. The lowest BCUT2D eigenvalue weighted by atomic mass is 9.81. The fraction of sp³-hybridized carbons (Fsp3) is 0.174. The highest BCUT2D eigenvalue weighted by Gasteiger charge is 2.43. The van der Waals surface area contributed by atoms with Crippen LogP contribution in [0.3, 0.4) is 0 Å². The van der Waals surface area contributed by atoms with Crippen LogP contribution < -0.4 is 15.4 Å². The van der Waals surface area contributed by atoms with Crippen molar-refractivity contribution in [3.8, 4) is 11.8 Å². The molecule has 1 unspecified atom stereocenters. The molecule has 1 heterocycles. The summed E-state index contributed by atoms with van der Waals surface area (Å²) in [6, 6.07) is 14.8. The van der Waals surface area contributed by atoms with E-state index in [-0.39, 0.29) is 22.7 Å². The number of anilines is 1. The number of rotatable bonds is 5. The molecule has 0 amide bonds. The molecule has 0 fully saturated rings. The molecule has 0 saturated heterocycles. The van der Waals surface area contributed by atoms with Gasteiger partial charge in [0, 0.05) is 6.07 Å². The van der Waals surface area contributed by atoms with Crippen LogP contribution in [0.15, 0.2) is 77.3 Å². The molecule has 2 aromatic carbocycles. The summed E-state index contributed by atoms with van der Waals surface area (Å²) in [7, 11) is 2.14. The highest BCUT2D eigenvalue weighted by Crippen LogP contribution is 2.43. The molecule has 0 spiro atoms. The van der Waals surface area contributed by atoms with Crippen molar-refractivity contribution in [1.29, 1.82) is 5.26 Å². The Balaban J connectivity index is 2.35. The second kappa shape index (κ2) is 9.58. The predicted octanol–water partition coefficient (Wildman–Crippen LogP) is 3.48. The van der Waals surface area contributed by atoms with E-state index in [1.54, 1.807) is 30.3 Å². The Morgan fingerprint density at radius 2 is 1.68 bits per heavy atom. The number of allylic oxidation sites excluding steroid dienone is 1. The van der Waals surface area contributed by atoms with Gasteiger partial charge < -0.3 is 19.9 Å². The molecule has 3 rings (SSSR count). The van der Waals surface area contributed by atoms with Crippen molar-refractivity contribution < 1.29 is 37.0 Å². The van der Waals surface area contributed by atoms with E-state index in [1.807, 2.05) is 6.07 Å². The second-order valence-corrected chi connectivity index (χ2v) is 6.88. The van der Waals surface area contributed by atoms with Crippen LogP contribution >= 0.6 is 0 Å². The standard InChI is InChI=1S/C23H18F3N3O5/c1-32-21(30)18-17(13-7-4-3-5-8-13)16(12-27)20(28)29(19(18)22(31)33-2)14-9-6-10-15(11-14)34-23(24,25)26/h3-11,17H,28H2,1-2H3. The fourth-order valence-electron chi connectivity index (χ4n) is 3.60. The molecular formula is C23H18F3N3O5. The van der Waals surface area contributed by atoms with Gasteiger partial charge in [-0.3, -0.25) is 4.90 Å². The number of methoxy groups -OCH3 is 2. The highest BCUT2D eigenvalue weighted by atomic mass is 19.4. The molecule has 1 aliphatic heterocycles. The number of nitriles is 1. The van der Waals surface area contributed by atoms with Crippen LogP contribution in [0.5, 0.6) is 5.75 Å². The maximum Gasteiger partial charge on any atom is 0.573 e. The third-order valence-electron chi connectivity index (χ3n) is 4.92. The lowest BCUT2D eigenvalue weighted by Crippen LogP contribution is -2.40. The zero-order valence-electron chi connectivity index (χ0n) is 17.9. The van der Waals surface area contributed by atoms with Gasteiger partial charge in [0.05, 0.1) is 43.0 Å². The third kappa shape index (κ3) is 4.66. The number of esters is 2. The normalized spacial score (nSPS) is 16.1. The number of ether oxygens (including phenoxy) is 3. The molecule has 0 aromatic heterocycles. The van der Waals surface area contributed by atoms with Crippen molar-refractivity contribution in [2.75, 3.05) is 19.1 Å². The van der Waals surface area contributed by atoms with Crippen LogP contribution in [0.2, 0.25) is 0 Å². The maximum absolute atomic E-state index is 12.9. The molecule has 176 valence electrons. The van der Waals surface area contributed by atoms with Crippen molar-refractivity contribution >= 4 is 17.6 Å². The summed E-state index contributed by atoms with van der Waals surface area (Å²) in [5, 5.41) is 9.94. The first-order valence-corrected chi connectivity index (χ1v) is 9.64. The Hall–Kier alpha value is -4.46. The Labute approximate surface area is 192 Å². The van der Waals surface area contributed by atoms with Gasteiger partial charge in [-0.25, -0.2) is 9.59 Å². The largest absolute Gasteiger partial charge is 0.573 e. The number of benzene rings is 2. The molecule has 0 radical (unpaired) electrons. The summed E-state index contributed by atoms with van der Waals surface area (Å²) in [5.41, 5.74) is 5.85.